The van der Waals surface area contributed by atoms with Gasteiger partial charge in [0.15, 0.2) is 11.5 Å². The molecule has 0 atom stereocenters. The molecule has 0 unspecified atom stereocenters. The van der Waals surface area contributed by atoms with E-state index in [9.17, 15) is 13.2 Å². The standard InChI is InChI=1S/C21H24N2O5S/c1-15-5-7-17(29(25,26)23-9-2-3-10-23)14-18(15)21(24)22-16-6-8-19-20(13-16)28-12-4-11-27-19/h5-8,13-14H,2-4,9-12H2,1H3,(H,22,24). The van der Waals surface area contributed by atoms with E-state index in [2.05, 4.69) is 5.32 Å². The molecule has 0 aliphatic carbocycles. The molecule has 0 bridgehead atoms. The van der Waals surface area contributed by atoms with Crippen LogP contribution in [-0.4, -0.2) is 44.9 Å². The lowest BCUT2D eigenvalue weighted by Crippen LogP contribution is -2.28. The molecule has 2 aliphatic heterocycles. The van der Waals surface area contributed by atoms with Gasteiger partial charge in [0.05, 0.1) is 18.1 Å². The van der Waals surface area contributed by atoms with Crippen molar-refractivity contribution in [2.45, 2.75) is 31.1 Å². The lowest BCUT2D eigenvalue weighted by Gasteiger charge is -2.17. The van der Waals surface area contributed by atoms with Gasteiger partial charge in [-0.25, -0.2) is 8.42 Å². The zero-order valence-electron chi connectivity index (χ0n) is 16.3. The Morgan fingerprint density at radius 1 is 0.966 bits per heavy atom. The number of nitrogens with one attached hydrogen (secondary N) is 1. The number of ether oxygens (including phenoxy) is 2. The van der Waals surface area contributed by atoms with Crippen LogP contribution in [0.25, 0.3) is 0 Å². The predicted molar refractivity (Wildman–Crippen MR) is 109 cm³/mol. The number of rotatable bonds is 4. The van der Waals surface area contributed by atoms with Gasteiger partial charge in [-0.2, -0.15) is 4.31 Å². The zero-order chi connectivity index (χ0) is 20.4. The number of hydrogen-bond acceptors (Lipinski definition) is 5. The Balaban J connectivity index is 1.58. The summed E-state index contributed by atoms with van der Waals surface area (Å²) < 4.78 is 38.4. The first kappa shape index (κ1) is 19.7. The van der Waals surface area contributed by atoms with Gasteiger partial charge in [0.2, 0.25) is 10.0 Å². The molecule has 2 aromatic rings. The average molecular weight is 416 g/mol. The second kappa shape index (κ2) is 8.04. The third-order valence-corrected chi connectivity index (χ3v) is 7.06. The second-order valence-electron chi connectivity index (χ2n) is 7.25. The maximum absolute atomic E-state index is 12.9. The lowest BCUT2D eigenvalue weighted by molar-refractivity contribution is 0.102. The Labute approximate surface area is 170 Å². The fourth-order valence-electron chi connectivity index (χ4n) is 3.52. The molecule has 4 rings (SSSR count). The van der Waals surface area contributed by atoms with Crippen LogP contribution < -0.4 is 14.8 Å². The Hall–Kier alpha value is -2.58. The SMILES string of the molecule is Cc1ccc(S(=O)(=O)N2CCCC2)cc1C(=O)Nc1ccc2c(c1)OCCCO2. The molecule has 2 heterocycles. The van der Waals surface area contributed by atoms with Crippen LogP contribution in [0.4, 0.5) is 5.69 Å². The van der Waals surface area contributed by atoms with E-state index in [4.69, 9.17) is 9.47 Å². The third kappa shape index (κ3) is 4.09. The molecule has 0 radical (unpaired) electrons. The number of carbonyl (C=O) groups is 1. The molecule has 2 aromatic carbocycles. The monoisotopic (exact) mass is 416 g/mol. The van der Waals surface area contributed by atoms with Crippen molar-refractivity contribution in [2.24, 2.45) is 0 Å². The normalized spacial score (nSPS) is 17.0. The summed E-state index contributed by atoms with van der Waals surface area (Å²) >= 11 is 0. The number of nitrogens with zero attached hydrogens (tertiary/aromatic N) is 1. The summed E-state index contributed by atoms with van der Waals surface area (Å²) in [6, 6.07) is 9.92. The topological polar surface area (TPSA) is 84.9 Å². The highest BCUT2D eigenvalue weighted by Gasteiger charge is 2.28. The van der Waals surface area contributed by atoms with Gasteiger partial charge in [-0.3, -0.25) is 4.79 Å². The van der Waals surface area contributed by atoms with Crippen LogP contribution in [0.3, 0.4) is 0 Å². The minimum Gasteiger partial charge on any atom is -0.490 e. The second-order valence-corrected chi connectivity index (χ2v) is 9.19. The van der Waals surface area contributed by atoms with Gasteiger partial charge in [-0.05, 0) is 49.6 Å². The van der Waals surface area contributed by atoms with E-state index < -0.39 is 10.0 Å². The minimum atomic E-state index is -3.58. The van der Waals surface area contributed by atoms with Gasteiger partial charge in [0.1, 0.15) is 0 Å². The van der Waals surface area contributed by atoms with E-state index in [1.54, 1.807) is 37.3 Å². The molecule has 1 amide bonds. The fraction of sp³-hybridized carbons (Fsp3) is 0.381. The molecule has 0 spiro atoms. The van der Waals surface area contributed by atoms with Crippen molar-refractivity contribution < 1.29 is 22.7 Å². The first-order valence-electron chi connectivity index (χ1n) is 9.77. The first-order valence-corrected chi connectivity index (χ1v) is 11.2. The molecule has 7 nitrogen and oxygen atoms in total. The summed E-state index contributed by atoms with van der Waals surface area (Å²) in [6.45, 7) is 3.98. The Bertz CT molecular complexity index is 1030. The molecule has 2 aliphatic rings. The highest BCUT2D eigenvalue weighted by Crippen LogP contribution is 2.32. The van der Waals surface area contributed by atoms with Gasteiger partial charge >= 0.3 is 0 Å². The zero-order valence-corrected chi connectivity index (χ0v) is 17.1. The molecular weight excluding hydrogens is 392 g/mol. The van der Waals surface area contributed by atoms with Gasteiger partial charge in [-0.1, -0.05) is 6.07 Å². The Morgan fingerprint density at radius 3 is 2.45 bits per heavy atom. The maximum atomic E-state index is 12.9. The summed E-state index contributed by atoms with van der Waals surface area (Å²) in [5.41, 5.74) is 1.60. The Kier molecular flexibility index (Phi) is 5.47. The number of amides is 1. The molecule has 154 valence electrons. The molecule has 1 saturated heterocycles. The van der Waals surface area contributed by atoms with E-state index >= 15 is 0 Å². The summed E-state index contributed by atoms with van der Waals surface area (Å²) in [6.07, 6.45) is 2.53. The van der Waals surface area contributed by atoms with Gasteiger partial charge in [0.25, 0.3) is 5.91 Å². The van der Waals surface area contributed by atoms with E-state index in [0.29, 0.717) is 54.6 Å². The van der Waals surface area contributed by atoms with Crippen LogP contribution in [0.1, 0.15) is 35.2 Å². The number of benzene rings is 2. The predicted octanol–water partition coefficient (Wildman–Crippen LogP) is 3.19. The number of sulfonamides is 1. The van der Waals surface area contributed by atoms with Crippen molar-refractivity contribution >= 4 is 21.6 Å². The average Bonchev–Trinajstić information content (AvgIpc) is 3.15. The number of carbonyl (C=O) groups excluding carboxylic acids is 1. The van der Waals surface area contributed by atoms with Crippen molar-refractivity contribution in [3.63, 3.8) is 0 Å². The number of hydrogen-bond donors (Lipinski definition) is 1. The highest BCUT2D eigenvalue weighted by atomic mass is 32.2. The van der Waals surface area contributed by atoms with Gasteiger partial charge < -0.3 is 14.8 Å². The van der Waals surface area contributed by atoms with Crippen LogP contribution in [-0.2, 0) is 10.0 Å². The maximum Gasteiger partial charge on any atom is 0.255 e. The van der Waals surface area contributed by atoms with Crippen molar-refractivity contribution in [1.29, 1.82) is 0 Å². The Morgan fingerprint density at radius 2 is 1.69 bits per heavy atom. The molecular formula is C21H24N2O5S. The quantitative estimate of drug-likeness (QED) is 0.827. The van der Waals surface area contributed by atoms with E-state index in [1.807, 2.05) is 0 Å². The van der Waals surface area contributed by atoms with E-state index in [-0.39, 0.29) is 10.8 Å². The molecule has 29 heavy (non-hydrogen) atoms. The van der Waals surface area contributed by atoms with Crippen LogP contribution in [0.2, 0.25) is 0 Å². The van der Waals surface area contributed by atoms with Gasteiger partial charge in [0, 0.05) is 36.8 Å². The number of anilines is 1. The van der Waals surface area contributed by atoms with Crippen LogP contribution >= 0.6 is 0 Å². The summed E-state index contributed by atoms with van der Waals surface area (Å²) in [5.74, 6) is 0.869. The molecule has 8 heteroatoms. The van der Waals surface area contributed by atoms with Crippen molar-refractivity contribution in [1.82, 2.24) is 4.31 Å². The smallest absolute Gasteiger partial charge is 0.255 e. The minimum absolute atomic E-state index is 0.147. The fourth-order valence-corrected chi connectivity index (χ4v) is 5.07. The highest BCUT2D eigenvalue weighted by molar-refractivity contribution is 7.89. The number of fused-ring (bicyclic) bond motifs is 1. The van der Waals surface area contributed by atoms with Crippen LogP contribution in [0, 0.1) is 6.92 Å². The van der Waals surface area contributed by atoms with Crippen molar-refractivity contribution in [3.8, 4) is 11.5 Å². The summed E-state index contributed by atoms with van der Waals surface area (Å²) in [4.78, 5) is 13.0. The van der Waals surface area contributed by atoms with Crippen LogP contribution in [0.5, 0.6) is 11.5 Å². The van der Waals surface area contributed by atoms with E-state index in [1.165, 1.54) is 10.4 Å². The molecule has 1 N–H and O–H groups in total. The lowest BCUT2D eigenvalue weighted by atomic mass is 10.1. The first-order chi connectivity index (χ1) is 13.9. The largest absolute Gasteiger partial charge is 0.490 e. The molecule has 1 fully saturated rings. The number of aryl methyl sites for hydroxylation is 1. The van der Waals surface area contributed by atoms with Crippen molar-refractivity contribution in [2.75, 3.05) is 31.6 Å². The summed E-state index contributed by atoms with van der Waals surface area (Å²) in [7, 11) is -3.58. The van der Waals surface area contributed by atoms with Crippen LogP contribution in [0.15, 0.2) is 41.3 Å². The van der Waals surface area contributed by atoms with Gasteiger partial charge in [-0.15, -0.1) is 0 Å². The molecule has 0 aromatic heterocycles. The van der Waals surface area contributed by atoms with E-state index in [0.717, 1.165) is 19.3 Å². The van der Waals surface area contributed by atoms with Crippen molar-refractivity contribution in [3.05, 3.63) is 47.5 Å². The molecule has 0 saturated carbocycles. The summed E-state index contributed by atoms with van der Waals surface area (Å²) in [5, 5.41) is 2.83. The third-order valence-electron chi connectivity index (χ3n) is 5.16.